The fraction of sp³-hybridized carbons (Fsp3) is 0.381. The average Bonchev–Trinajstić information content (AvgIpc) is 3.17. The summed E-state index contributed by atoms with van der Waals surface area (Å²) in [6.45, 7) is 0.760. The Balaban J connectivity index is 1.81. The summed E-state index contributed by atoms with van der Waals surface area (Å²) in [4.78, 5) is 15.0. The van der Waals surface area contributed by atoms with Gasteiger partial charge in [0.05, 0.1) is 33.8 Å². The third kappa shape index (κ3) is 4.14. The first-order chi connectivity index (χ1) is 13.1. The molecule has 1 aliphatic rings. The van der Waals surface area contributed by atoms with E-state index in [2.05, 4.69) is 0 Å². The number of hydrogen-bond donors (Lipinski definition) is 0. The number of carbonyl (C=O) groups is 1. The summed E-state index contributed by atoms with van der Waals surface area (Å²) < 4.78 is 16.1. The average molecular weight is 390 g/mol. The van der Waals surface area contributed by atoms with Gasteiger partial charge in [-0.15, -0.1) is 0 Å². The maximum absolute atomic E-state index is 13.0. The van der Waals surface area contributed by atoms with Crippen LogP contribution in [0.3, 0.4) is 0 Å². The molecule has 2 aromatic carbocycles. The second-order valence-corrected chi connectivity index (χ2v) is 6.94. The second-order valence-electron chi connectivity index (χ2n) is 6.51. The van der Waals surface area contributed by atoms with E-state index >= 15 is 0 Å². The summed E-state index contributed by atoms with van der Waals surface area (Å²) in [7, 11) is 4.70. The molecule has 1 heterocycles. The van der Waals surface area contributed by atoms with Gasteiger partial charge in [0.1, 0.15) is 0 Å². The molecule has 3 rings (SSSR count). The van der Waals surface area contributed by atoms with Crippen molar-refractivity contribution >= 4 is 17.5 Å². The molecule has 1 fully saturated rings. The van der Waals surface area contributed by atoms with Gasteiger partial charge in [-0.1, -0.05) is 23.7 Å². The minimum absolute atomic E-state index is 0.0849. The van der Waals surface area contributed by atoms with Crippen LogP contribution in [0.25, 0.3) is 0 Å². The Morgan fingerprint density at radius 2 is 1.70 bits per heavy atom. The molecular formula is C21H24ClNO4. The molecular weight excluding hydrogens is 366 g/mol. The number of rotatable bonds is 6. The molecule has 1 amide bonds. The Kier molecular flexibility index (Phi) is 6.11. The predicted octanol–water partition coefficient (Wildman–Crippen LogP) is 4.27. The smallest absolute Gasteiger partial charge is 0.227 e. The molecule has 0 bridgehead atoms. The van der Waals surface area contributed by atoms with E-state index in [9.17, 15) is 4.79 Å². The maximum atomic E-state index is 13.0. The van der Waals surface area contributed by atoms with Gasteiger partial charge in [-0.05, 0) is 48.2 Å². The van der Waals surface area contributed by atoms with Crippen LogP contribution >= 0.6 is 11.6 Å². The van der Waals surface area contributed by atoms with Gasteiger partial charge in [0, 0.05) is 11.6 Å². The lowest BCUT2D eigenvalue weighted by Crippen LogP contribution is -2.31. The van der Waals surface area contributed by atoms with Crippen molar-refractivity contribution in [2.24, 2.45) is 0 Å². The fourth-order valence-electron chi connectivity index (χ4n) is 3.61. The molecule has 2 aromatic rings. The van der Waals surface area contributed by atoms with Crippen LogP contribution in [0.2, 0.25) is 5.02 Å². The van der Waals surface area contributed by atoms with Crippen LogP contribution in [0.1, 0.15) is 30.0 Å². The molecule has 27 heavy (non-hydrogen) atoms. The number of amides is 1. The van der Waals surface area contributed by atoms with Gasteiger partial charge in [0.2, 0.25) is 11.7 Å². The van der Waals surface area contributed by atoms with Crippen LogP contribution in [0.5, 0.6) is 17.2 Å². The topological polar surface area (TPSA) is 48.0 Å². The molecule has 0 N–H and O–H groups in total. The Morgan fingerprint density at radius 3 is 2.26 bits per heavy atom. The molecule has 1 aliphatic heterocycles. The number of halogens is 1. The van der Waals surface area contributed by atoms with Crippen LogP contribution in [0.4, 0.5) is 0 Å². The van der Waals surface area contributed by atoms with E-state index in [1.165, 1.54) is 0 Å². The van der Waals surface area contributed by atoms with Gasteiger partial charge in [-0.2, -0.15) is 0 Å². The lowest BCUT2D eigenvalue weighted by Gasteiger charge is -2.25. The molecule has 144 valence electrons. The van der Waals surface area contributed by atoms with Gasteiger partial charge in [0.15, 0.2) is 11.5 Å². The number of carbonyl (C=O) groups excluding carboxylic acids is 1. The Labute approximate surface area is 164 Å². The van der Waals surface area contributed by atoms with Crippen LogP contribution in [0, 0.1) is 0 Å². The van der Waals surface area contributed by atoms with Crippen molar-refractivity contribution in [3.05, 3.63) is 52.5 Å². The monoisotopic (exact) mass is 389 g/mol. The number of benzene rings is 2. The third-order valence-corrected chi connectivity index (χ3v) is 5.16. The molecule has 1 saturated heterocycles. The first kappa shape index (κ1) is 19.4. The van der Waals surface area contributed by atoms with Gasteiger partial charge in [-0.3, -0.25) is 4.79 Å². The molecule has 0 radical (unpaired) electrons. The highest BCUT2D eigenvalue weighted by Gasteiger charge is 2.30. The van der Waals surface area contributed by atoms with E-state index < -0.39 is 0 Å². The number of likely N-dealkylation sites (tertiary alicyclic amines) is 1. The Morgan fingerprint density at radius 1 is 1.07 bits per heavy atom. The van der Waals surface area contributed by atoms with E-state index in [1.807, 2.05) is 41.3 Å². The number of ether oxygens (including phenoxy) is 3. The van der Waals surface area contributed by atoms with Crippen molar-refractivity contribution in [2.45, 2.75) is 25.3 Å². The molecule has 1 atom stereocenters. The van der Waals surface area contributed by atoms with Gasteiger partial charge in [0.25, 0.3) is 0 Å². The zero-order valence-corrected chi connectivity index (χ0v) is 16.6. The minimum Gasteiger partial charge on any atom is -0.493 e. The standard InChI is InChI=1S/C21H24ClNO4/c1-25-18-11-14(12-19(26-2)21(18)27-3)13-20(24)23-10-4-5-17(23)15-6-8-16(22)9-7-15/h6-9,11-12,17H,4-5,10,13H2,1-3H3/t17-/m0/s1. The zero-order chi connectivity index (χ0) is 19.4. The summed E-state index contributed by atoms with van der Waals surface area (Å²) >= 11 is 5.99. The maximum Gasteiger partial charge on any atom is 0.227 e. The summed E-state index contributed by atoms with van der Waals surface area (Å²) in [5, 5.41) is 0.701. The quantitative estimate of drug-likeness (QED) is 0.740. The molecule has 0 saturated carbocycles. The van der Waals surface area contributed by atoms with Crippen molar-refractivity contribution in [1.82, 2.24) is 4.90 Å². The first-order valence-corrected chi connectivity index (χ1v) is 9.29. The summed E-state index contributed by atoms with van der Waals surface area (Å²) in [5.74, 6) is 1.71. The van der Waals surface area contributed by atoms with E-state index in [0.29, 0.717) is 22.3 Å². The Bertz CT molecular complexity index is 781. The van der Waals surface area contributed by atoms with Gasteiger partial charge >= 0.3 is 0 Å². The fourth-order valence-corrected chi connectivity index (χ4v) is 3.74. The number of methoxy groups -OCH3 is 3. The molecule has 6 heteroatoms. The molecule has 0 spiro atoms. The number of nitrogens with zero attached hydrogens (tertiary/aromatic N) is 1. The van der Waals surface area contributed by atoms with Crippen LogP contribution in [-0.2, 0) is 11.2 Å². The van der Waals surface area contributed by atoms with E-state index in [0.717, 1.165) is 30.5 Å². The van der Waals surface area contributed by atoms with Gasteiger partial charge in [-0.25, -0.2) is 0 Å². The van der Waals surface area contributed by atoms with Crippen LogP contribution in [-0.4, -0.2) is 38.7 Å². The Hall–Kier alpha value is -2.40. The van der Waals surface area contributed by atoms with Crippen molar-refractivity contribution in [1.29, 1.82) is 0 Å². The second kappa shape index (κ2) is 8.53. The summed E-state index contributed by atoms with van der Waals surface area (Å²) in [6.07, 6.45) is 2.23. The molecule has 5 nitrogen and oxygen atoms in total. The van der Waals surface area contributed by atoms with Gasteiger partial charge < -0.3 is 19.1 Å². The predicted molar refractivity (Wildman–Crippen MR) is 105 cm³/mol. The van der Waals surface area contributed by atoms with E-state index in [-0.39, 0.29) is 18.4 Å². The van der Waals surface area contributed by atoms with Crippen molar-refractivity contribution in [2.75, 3.05) is 27.9 Å². The molecule has 0 aliphatic carbocycles. The highest BCUT2D eigenvalue weighted by molar-refractivity contribution is 6.30. The summed E-state index contributed by atoms with van der Waals surface area (Å²) in [6, 6.07) is 11.5. The van der Waals surface area contributed by atoms with E-state index in [1.54, 1.807) is 21.3 Å². The number of hydrogen-bond acceptors (Lipinski definition) is 4. The first-order valence-electron chi connectivity index (χ1n) is 8.91. The normalized spacial score (nSPS) is 16.3. The zero-order valence-electron chi connectivity index (χ0n) is 15.8. The van der Waals surface area contributed by atoms with Crippen LogP contribution in [0.15, 0.2) is 36.4 Å². The van der Waals surface area contributed by atoms with Crippen molar-refractivity contribution in [3.8, 4) is 17.2 Å². The van der Waals surface area contributed by atoms with Crippen molar-refractivity contribution in [3.63, 3.8) is 0 Å². The van der Waals surface area contributed by atoms with Crippen molar-refractivity contribution < 1.29 is 19.0 Å². The lowest BCUT2D eigenvalue weighted by molar-refractivity contribution is -0.131. The largest absolute Gasteiger partial charge is 0.493 e. The highest BCUT2D eigenvalue weighted by Crippen LogP contribution is 2.39. The molecule has 0 aromatic heterocycles. The SMILES string of the molecule is COc1cc(CC(=O)N2CCC[C@H]2c2ccc(Cl)cc2)cc(OC)c1OC. The molecule has 0 unspecified atom stereocenters. The minimum atomic E-state index is 0.0849. The highest BCUT2D eigenvalue weighted by atomic mass is 35.5. The van der Waals surface area contributed by atoms with E-state index in [4.69, 9.17) is 25.8 Å². The van der Waals surface area contributed by atoms with Crippen LogP contribution < -0.4 is 14.2 Å². The summed E-state index contributed by atoms with van der Waals surface area (Å²) in [5.41, 5.74) is 1.95. The third-order valence-electron chi connectivity index (χ3n) is 4.91. The lowest BCUT2D eigenvalue weighted by atomic mass is 10.0.